The van der Waals surface area contributed by atoms with Gasteiger partial charge in [0.15, 0.2) is 16.7 Å². The van der Waals surface area contributed by atoms with E-state index in [1.165, 1.54) is 11.8 Å². The molecule has 0 aliphatic carbocycles. The van der Waals surface area contributed by atoms with E-state index >= 15 is 0 Å². The monoisotopic (exact) mass is 412 g/mol. The molecule has 0 fully saturated rings. The van der Waals surface area contributed by atoms with Crippen molar-refractivity contribution >= 4 is 45.9 Å². The van der Waals surface area contributed by atoms with Crippen molar-refractivity contribution in [3.8, 4) is 11.6 Å². The molecule has 0 saturated heterocycles. The van der Waals surface area contributed by atoms with Crippen LogP contribution in [0.25, 0.3) is 22.6 Å². The van der Waals surface area contributed by atoms with Crippen LogP contribution in [0.5, 0.6) is 0 Å². The van der Waals surface area contributed by atoms with E-state index < -0.39 is 0 Å². The van der Waals surface area contributed by atoms with Gasteiger partial charge in [-0.15, -0.1) is 10.2 Å². The van der Waals surface area contributed by atoms with E-state index in [9.17, 15) is 4.79 Å². The molecule has 0 aliphatic rings. The standard InChI is InChI=1S/C20H17ClN4O2S/c1-12-14(21)7-5-8-15(12)22-18(26)11-28-20-24-23-19(25(20)2)17-10-13-6-3-4-9-16(13)27-17/h3-10H,11H2,1-2H3,(H,22,26). The molecular weight excluding hydrogens is 396 g/mol. The number of nitrogens with zero attached hydrogens (tertiary/aromatic N) is 3. The lowest BCUT2D eigenvalue weighted by Crippen LogP contribution is -2.15. The molecule has 142 valence electrons. The van der Waals surface area contributed by atoms with Crippen molar-refractivity contribution in [1.82, 2.24) is 14.8 Å². The normalized spacial score (nSPS) is 11.1. The van der Waals surface area contributed by atoms with Gasteiger partial charge in [0.05, 0.1) is 5.75 Å². The number of hydrogen-bond acceptors (Lipinski definition) is 5. The van der Waals surface area contributed by atoms with Crippen LogP contribution in [0.1, 0.15) is 5.56 Å². The molecule has 0 bridgehead atoms. The van der Waals surface area contributed by atoms with Gasteiger partial charge in [-0.25, -0.2) is 0 Å². The topological polar surface area (TPSA) is 73.0 Å². The Hall–Kier alpha value is -2.77. The molecule has 2 aromatic carbocycles. The van der Waals surface area contributed by atoms with Crippen LogP contribution in [0, 0.1) is 6.92 Å². The van der Waals surface area contributed by atoms with Crippen LogP contribution < -0.4 is 5.32 Å². The fourth-order valence-electron chi connectivity index (χ4n) is 2.81. The van der Waals surface area contributed by atoms with Crippen LogP contribution in [0.15, 0.2) is 58.1 Å². The second kappa shape index (κ2) is 7.69. The van der Waals surface area contributed by atoms with Crippen molar-refractivity contribution in [1.29, 1.82) is 0 Å². The Balaban J connectivity index is 1.46. The van der Waals surface area contributed by atoms with Gasteiger partial charge in [0.2, 0.25) is 5.91 Å². The summed E-state index contributed by atoms with van der Waals surface area (Å²) in [5, 5.41) is 13.5. The average Bonchev–Trinajstić information content (AvgIpc) is 3.27. The fraction of sp³-hybridized carbons (Fsp3) is 0.150. The predicted molar refractivity (Wildman–Crippen MR) is 112 cm³/mol. The molecule has 0 saturated carbocycles. The molecule has 0 radical (unpaired) electrons. The first-order valence-electron chi connectivity index (χ1n) is 8.59. The van der Waals surface area contributed by atoms with Gasteiger partial charge in [-0.05, 0) is 36.8 Å². The maximum absolute atomic E-state index is 12.3. The zero-order chi connectivity index (χ0) is 19.7. The second-order valence-electron chi connectivity index (χ2n) is 6.26. The number of fused-ring (bicyclic) bond motifs is 1. The van der Waals surface area contributed by atoms with E-state index in [-0.39, 0.29) is 11.7 Å². The number of nitrogens with one attached hydrogen (secondary N) is 1. The first-order chi connectivity index (χ1) is 13.5. The number of benzene rings is 2. The lowest BCUT2D eigenvalue weighted by atomic mass is 10.2. The molecule has 28 heavy (non-hydrogen) atoms. The first kappa shape index (κ1) is 18.6. The van der Waals surface area contributed by atoms with Gasteiger partial charge < -0.3 is 14.3 Å². The van der Waals surface area contributed by atoms with Gasteiger partial charge in [-0.2, -0.15) is 0 Å². The number of anilines is 1. The number of thioether (sulfide) groups is 1. The van der Waals surface area contributed by atoms with E-state index in [4.69, 9.17) is 16.0 Å². The minimum atomic E-state index is -0.136. The lowest BCUT2D eigenvalue weighted by Gasteiger charge is -2.09. The van der Waals surface area contributed by atoms with Crippen molar-refractivity contribution in [2.45, 2.75) is 12.1 Å². The summed E-state index contributed by atoms with van der Waals surface area (Å²) in [5.41, 5.74) is 2.35. The molecular formula is C20H17ClN4O2S. The Morgan fingerprint density at radius 3 is 2.86 bits per heavy atom. The Morgan fingerprint density at radius 1 is 1.21 bits per heavy atom. The molecule has 1 amide bonds. The highest BCUT2D eigenvalue weighted by molar-refractivity contribution is 7.99. The third-order valence-corrected chi connectivity index (χ3v) is 5.78. The SMILES string of the molecule is Cc1c(Cl)cccc1NC(=O)CSc1nnc(-c2cc3ccccc3o2)n1C. The zero-order valence-corrected chi connectivity index (χ0v) is 16.8. The largest absolute Gasteiger partial charge is 0.453 e. The number of amides is 1. The van der Waals surface area contributed by atoms with Gasteiger partial charge in [-0.1, -0.05) is 47.6 Å². The number of halogens is 1. The van der Waals surface area contributed by atoms with Crippen LogP contribution in [0.2, 0.25) is 5.02 Å². The quantitative estimate of drug-likeness (QED) is 0.471. The summed E-state index contributed by atoms with van der Waals surface area (Å²) in [4.78, 5) is 12.3. The zero-order valence-electron chi connectivity index (χ0n) is 15.3. The van der Waals surface area contributed by atoms with E-state index in [0.29, 0.717) is 27.5 Å². The molecule has 4 rings (SSSR count). The van der Waals surface area contributed by atoms with E-state index in [2.05, 4.69) is 15.5 Å². The third kappa shape index (κ3) is 3.63. The van der Waals surface area contributed by atoms with Crippen molar-refractivity contribution in [3.63, 3.8) is 0 Å². The first-order valence-corrected chi connectivity index (χ1v) is 9.95. The highest BCUT2D eigenvalue weighted by Crippen LogP contribution is 2.28. The summed E-state index contributed by atoms with van der Waals surface area (Å²) in [6.07, 6.45) is 0. The van der Waals surface area contributed by atoms with Crippen LogP contribution in [0.4, 0.5) is 5.69 Å². The van der Waals surface area contributed by atoms with Crippen molar-refractivity contribution < 1.29 is 9.21 Å². The fourth-order valence-corrected chi connectivity index (χ4v) is 3.69. The molecule has 0 aliphatic heterocycles. The molecule has 6 nitrogen and oxygen atoms in total. The highest BCUT2D eigenvalue weighted by atomic mass is 35.5. The van der Waals surface area contributed by atoms with Crippen LogP contribution in [0.3, 0.4) is 0 Å². The maximum atomic E-state index is 12.3. The van der Waals surface area contributed by atoms with Gasteiger partial charge in [-0.3, -0.25) is 4.79 Å². The molecule has 0 unspecified atom stereocenters. The smallest absolute Gasteiger partial charge is 0.234 e. The number of para-hydroxylation sites is 1. The Morgan fingerprint density at radius 2 is 2.04 bits per heavy atom. The third-order valence-electron chi connectivity index (χ3n) is 4.35. The van der Waals surface area contributed by atoms with Gasteiger partial charge in [0, 0.05) is 23.1 Å². The number of carbonyl (C=O) groups excluding carboxylic acids is 1. The van der Waals surface area contributed by atoms with E-state index in [0.717, 1.165) is 16.5 Å². The number of hydrogen-bond donors (Lipinski definition) is 1. The minimum absolute atomic E-state index is 0.136. The second-order valence-corrected chi connectivity index (χ2v) is 7.61. The number of aromatic nitrogens is 3. The Bertz CT molecular complexity index is 1140. The summed E-state index contributed by atoms with van der Waals surface area (Å²) in [6.45, 7) is 1.87. The van der Waals surface area contributed by atoms with Crippen LogP contribution in [-0.2, 0) is 11.8 Å². The van der Waals surface area contributed by atoms with Crippen LogP contribution in [-0.4, -0.2) is 26.4 Å². The molecule has 2 aromatic heterocycles. The van der Waals surface area contributed by atoms with Gasteiger partial charge in [0.25, 0.3) is 0 Å². The summed E-state index contributed by atoms with van der Waals surface area (Å²) in [6, 6.07) is 15.1. The lowest BCUT2D eigenvalue weighted by molar-refractivity contribution is -0.113. The maximum Gasteiger partial charge on any atom is 0.234 e. The van der Waals surface area contributed by atoms with Gasteiger partial charge >= 0.3 is 0 Å². The number of furan rings is 1. The number of rotatable bonds is 5. The summed E-state index contributed by atoms with van der Waals surface area (Å²) >= 11 is 7.40. The van der Waals surface area contributed by atoms with Gasteiger partial charge in [0.1, 0.15) is 5.58 Å². The van der Waals surface area contributed by atoms with Crippen molar-refractivity contribution in [2.24, 2.45) is 7.05 Å². The van der Waals surface area contributed by atoms with Crippen molar-refractivity contribution in [3.05, 3.63) is 59.1 Å². The van der Waals surface area contributed by atoms with Crippen LogP contribution >= 0.6 is 23.4 Å². The summed E-state index contributed by atoms with van der Waals surface area (Å²) in [7, 11) is 1.85. The summed E-state index contributed by atoms with van der Waals surface area (Å²) in [5.74, 6) is 1.33. The number of carbonyl (C=O) groups is 1. The molecule has 4 aromatic rings. The molecule has 0 spiro atoms. The highest BCUT2D eigenvalue weighted by Gasteiger charge is 2.16. The molecule has 1 N–H and O–H groups in total. The predicted octanol–water partition coefficient (Wildman–Crippen LogP) is 4.92. The molecule has 0 atom stereocenters. The van der Waals surface area contributed by atoms with E-state index in [1.807, 2.05) is 54.9 Å². The summed E-state index contributed by atoms with van der Waals surface area (Å²) < 4.78 is 7.67. The Kier molecular flexibility index (Phi) is 5.11. The molecule has 8 heteroatoms. The van der Waals surface area contributed by atoms with E-state index in [1.54, 1.807) is 12.1 Å². The average molecular weight is 413 g/mol. The van der Waals surface area contributed by atoms with Crippen molar-refractivity contribution in [2.75, 3.05) is 11.1 Å². The Labute approximate surface area is 170 Å². The minimum Gasteiger partial charge on any atom is -0.453 e. The molecule has 2 heterocycles.